The van der Waals surface area contributed by atoms with Gasteiger partial charge in [-0.1, -0.05) is 6.08 Å². The molecule has 0 bridgehead atoms. The van der Waals surface area contributed by atoms with E-state index in [2.05, 4.69) is 5.32 Å². The molecule has 21 heavy (non-hydrogen) atoms. The normalized spacial score (nSPS) is 21.5. The molecular weight excluding hydrogens is 278 g/mol. The Labute approximate surface area is 120 Å². The maximum absolute atomic E-state index is 11.7. The van der Waals surface area contributed by atoms with Crippen molar-refractivity contribution in [2.24, 2.45) is 0 Å². The van der Waals surface area contributed by atoms with E-state index in [9.17, 15) is 19.5 Å². The van der Waals surface area contributed by atoms with Gasteiger partial charge < -0.3 is 19.9 Å². The molecule has 7 nitrogen and oxygen atoms in total. The quantitative estimate of drug-likeness (QED) is 0.592. The molecule has 2 rings (SSSR count). The highest BCUT2D eigenvalue weighted by Gasteiger charge is 2.24. The van der Waals surface area contributed by atoms with Crippen molar-refractivity contribution in [2.75, 3.05) is 0 Å². The van der Waals surface area contributed by atoms with Crippen LogP contribution < -0.4 is 5.32 Å². The summed E-state index contributed by atoms with van der Waals surface area (Å²) in [6, 6.07) is 0. The van der Waals surface area contributed by atoms with Crippen molar-refractivity contribution in [1.82, 2.24) is 5.32 Å². The number of carbonyl (C=O) groups excluding carboxylic acids is 3. The first-order valence-electron chi connectivity index (χ1n) is 6.42. The van der Waals surface area contributed by atoms with E-state index in [1.165, 1.54) is 25.3 Å². The summed E-state index contributed by atoms with van der Waals surface area (Å²) in [7, 11) is 0. The van der Waals surface area contributed by atoms with Crippen LogP contribution in [0.3, 0.4) is 0 Å². The van der Waals surface area contributed by atoms with Crippen molar-refractivity contribution in [3.05, 3.63) is 35.4 Å². The van der Waals surface area contributed by atoms with Crippen molar-refractivity contribution in [3.8, 4) is 0 Å². The topological polar surface area (TPSA) is 102 Å². The van der Waals surface area contributed by atoms with Crippen molar-refractivity contribution in [3.63, 3.8) is 0 Å². The maximum atomic E-state index is 11.7. The lowest BCUT2D eigenvalue weighted by atomic mass is 10.2. The molecule has 0 spiro atoms. The second kappa shape index (κ2) is 6.25. The molecule has 0 aromatic heterocycles. The number of hydrogen-bond donors (Lipinski definition) is 2. The van der Waals surface area contributed by atoms with Crippen LogP contribution in [-0.4, -0.2) is 29.1 Å². The average molecular weight is 293 g/mol. The molecule has 1 heterocycles. The number of allylic oxidation sites excluding steroid dienone is 3. The van der Waals surface area contributed by atoms with E-state index in [1.807, 2.05) is 0 Å². The highest BCUT2D eigenvalue weighted by molar-refractivity contribution is 6.03. The van der Waals surface area contributed by atoms with Gasteiger partial charge >= 0.3 is 5.97 Å². The van der Waals surface area contributed by atoms with Gasteiger partial charge in [-0.3, -0.25) is 14.4 Å². The zero-order valence-electron chi connectivity index (χ0n) is 11.4. The zero-order chi connectivity index (χ0) is 15.4. The number of ketones is 1. The van der Waals surface area contributed by atoms with E-state index in [0.717, 1.165) is 0 Å². The Morgan fingerprint density at radius 3 is 2.86 bits per heavy atom. The number of carbonyl (C=O) groups is 3. The van der Waals surface area contributed by atoms with E-state index in [4.69, 9.17) is 9.47 Å². The summed E-state index contributed by atoms with van der Waals surface area (Å²) < 4.78 is 9.94. The molecule has 0 aromatic rings. The monoisotopic (exact) mass is 293 g/mol. The van der Waals surface area contributed by atoms with Gasteiger partial charge in [0.2, 0.25) is 12.2 Å². The molecule has 1 aliphatic carbocycles. The second-order valence-electron chi connectivity index (χ2n) is 4.64. The summed E-state index contributed by atoms with van der Waals surface area (Å²) in [5, 5.41) is 11.8. The average Bonchev–Trinajstić information content (AvgIpc) is 2.97. The van der Waals surface area contributed by atoms with Gasteiger partial charge in [0.1, 0.15) is 11.5 Å². The largest absolute Gasteiger partial charge is 0.510 e. The fourth-order valence-corrected chi connectivity index (χ4v) is 1.95. The minimum Gasteiger partial charge on any atom is -0.510 e. The summed E-state index contributed by atoms with van der Waals surface area (Å²) in [5.41, 5.74) is 0.631. The Morgan fingerprint density at radius 2 is 2.24 bits per heavy atom. The predicted octanol–water partition coefficient (Wildman–Crippen LogP) is 0.985. The van der Waals surface area contributed by atoms with E-state index in [1.54, 1.807) is 0 Å². The van der Waals surface area contributed by atoms with Gasteiger partial charge in [-0.15, -0.1) is 0 Å². The summed E-state index contributed by atoms with van der Waals surface area (Å²) in [6.45, 7) is 1.28. The third-order valence-corrected chi connectivity index (χ3v) is 2.92. The van der Waals surface area contributed by atoms with Crippen molar-refractivity contribution >= 4 is 17.7 Å². The van der Waals surface area contributed by atoms with Gasteiger partial charge in [0.15, 0.2) is 5.78 Å². The lowest BCUT2D eigenvalue weighted by Crippen LogP contribution is -2.24. The smallest absolute Gasteiger partial charge is 0.305 e. The molecule has 0 aromatic carbocycles. The third-order valence-electron chi connectivity index (χ3n) is 2.92. The first-order valence-corrected chi connectivity index (χ1v) is 6.42. The SMILES string of the molecule is CC(=O)O[C@@H]1CC(/C=C/C(=O)NC2=C(O)CCC2=O)=CO1. The van der Waals surface area contributed by atoms with Gasteiger partial charge in [0.05, 0.1) is 6.26 Å². The highest BCUT2D eigenvalue weighted by Crippen LogP contribution is 2.20. The van der Waals surface area contributed by atoms with E-state index in [0.29, 0.717) is 12.0 Å². The van der Waals surface area contributed by atoms with Crippen LogP contribution in [0.4, 0.5) is 0 Å². The van der Waals surface area contributed by atoms with Gasteiger partial charge in [-0.05, 0) is 5.57 Å². The van der Waals surface area contributed by atoms with Crippen molar-refractivity contribution in [2.45, 2.75) is 32.5 Å². The molecule has 1 aliphatic heterocycles. The molecule has 1 amide bonds. The number of ether oxygens (including phenoxy) is 2. The molecule has 0 radical (unpaired) electrons. The minimum absolute atomic E-state index is 0.0425. The van der Waals surface area contributed by atoms with Crippen LogP contribution in [0.2, 0.25) is 0 Å². The van der Waals surface area contributed by atoms with E-state index < -0.39 is 18.2 Å². The van der Waals surface area contributed by atoms with Gasteiger partial charge in [0.25, 0.3) is 0 Å². The summed E-state index contributed by atoms with van der Waals surface area (Å²) in [4.78, 5) is 33.8. The first kappa shape index (κ1) is 14.8. The number of nitrogens with one attached hydrogen (secondary N) is 1. The predicted molar refractivity (Wildman–Crippen MR) is 70.5 cm³/mol. The molecule has 0 saturated carbocycles. The molecule has 0 saturated heterocycles. The van der Waals surface area contributed by atoms with E-state index >= 15 is 0 Å². The maximum Gasteiger partial charge on any atom is 0.305 e. The molecular formula is C14H15NO6. The van der Waals surface area contributed by atoms with Crippen LogP contribution in [0.1, 0.15) is 26.2 Å². The Morgan fingerprint density at radius 1 is 1.48 bits per heavy atom. The third kappa shape index (κ3) is 3.95. The molecule has 0 unspecified atom stereocenters. The summed E-state index contributed by atoms with van der Waals surface area (Å²) in [5.74, 6) is -1.35. The molecule has 7 heteroatoms. The Kier molecular flexibility index (Phi) is 4.42. The number of hydrogen-bond acceptors (Lipinski definition) is 6. The lowest BCUT2D eigenvalue weighted by molar-refractivity contribution is -0.163. The summed E-state index contributed by atoms with van der Waals surface area (Å²) >= 11 is 0. The van der Waals surface area contributed by atoms with Gasteiger partial charge in [-0.2, -0.15) is 0 Å². The number of rotatable bonds is 4. The van der Waals surface area contributed by atoms with Crippen LogP contribution in [-0.2, 0) is 23.9 Å². The molecule has 2 aliphatic rings. The molecule has 1 atom stereocenters. The molecule has 112 valence electrons. The summed E-state index contributed by atoms with van der Waals surface area (Å²) in [6.07, 6.45) is 4.24. The van der Waals surface area contributed by atoms with Crippen molar-refractivity contribution in [1.29, 1.82) is 0 Å². The second-order valence-corrected chi connectivity index (χ2v) is 4.64. The number of esters is 1. The molecule has 0 fully saturated rings. The Bertz CT molecular complexity index is 572. The standard InChI is InChI=1S/C14H15NO6/c1-8(16)21-13-6-9(7-20-13)2-5-12(19)15-14-10(17)3-4-11(14)18/h2,5,7,13,17H,3-4,6H2,1H3,(H,15,19)/b5-2+/t13-/m1/s1. The Hall–Kier alpha value is -2.57. The lowest BCUT2D eigenvalue weighted by Gasteiger charge is -2.08. The van der Waals surface area contributed by atoms with Crippen molar-refractivity contribution < 1.29 is 29.0 Å². The van der Waals surface area contributed by atoms with Crippen LogP contribution in [0.5, 0.6) is 0 Å². The van der Waals surface area contributed by atoms with Crippen LogP contribution in [0.15, 0.2) is 35.4 Å². The zero-order valence-corrected chi connectivity index (χ0v) is 11.4. The number of Topliss-reactive ketones (excluding diaryl/α,β-unsaturated/α-hetero) is 1. The first-order chi connectivity index (χ1) is 9.95. The Balaban J connectivity index is 1.85. The van der Waals surface area contributed by atoms with E-state index in [-0.39, 0.29) is 30.1 Å². The van der Waals surface area contributed by atoms with Gasteiger partial charge in [-0.25, -0.2) is 0 Å². The number of aliphatic hydroxyl groups excluding tert-OH is 1. The fourth-order valence-electron chi connectivity index (χ4n) is 1.95. The molecule has 2 N–H and O–H groups in total. The van der Waals surface area contributed by atoms with Crippen LogP contribution in [0, 0.1) is 0 Å². The van der Waals surface area contributed by atoms with Crippen LogP contribution >= 0.6 is 0 Å². The number of amides is 1. The highest BCUT2D eigenvalue weighted by atomic mass is 16.7. The minimum atomic E-state index is -0.673. The fraction of sp³-hybridized carbons (Fsp3) is 0.357. The van der Waals surface area contributed by atoms with Gasteiger partial charge in [0, 0.05) is 32.3 Å². The van der Waals surface area contributed by atoms with Crippen LogP contribution in [0.25, 0.3) is 0 Å². The number of aliphatic hydroxyl groups is 1.